The molecule has 1 amide bonds. The number of hydrogen-bond acceptors (Lipinski definition) is 3. The van der Waals surface area contributed by atoms with Gasteiger partial charge in [-0.25, -0.2) is 9.48 Å². The van der Waals surface area contributed by atoms with E-state index >= 15 is 0 Å². The molecule has 0 spiro atoms. The van der Waals surface area contributed by atoms with Crippen LogP contribution in [0.3, 0.4) is 0 Å². The fourth-order valence-electron chi connectivity index (χ4n) is 3.12. The molecule has 0 unspecified atom stereocenters. The van der Waals surface area contributed by atoms with Gasteiger partial charge in [0.1, 0.15) is 5.54 Å². The van der Waals surface area contributed by atoms with Crippen LogP contribution >= 0.6 is 0 Å². The Morgan fingerprint density at radius 1 is 1.22 bits per heavy atom. The average molecular weight is 313 g/mol. The number of para-hydroxylation sites is 1. The zero-order chi connectivity index (χ0) is 16.4. The summed E-state index contributed by atoms with van der Waals surface area (Å²) in [7, 11) is 0. The van der Waals surface area contributed by atoms with Crippen LogP contribution in [0.15, 0.2) is 36.5 Å². The Bertz CT molecular complexity index is 731. The molecule has 1 aromatic heterocycles. The number of aliphatic carboxylic acids is 1. The quantitative estimate of drug-likeness (QED) is 0.907. The zero-order valence-electron chi connectivity index (χ0n) is 13.0. The maximum Gasteiger partial charge on any atom is 0.329 e. The molecule has 6 heteroatoms. The Balaban J connectivity index is 1.86. The molecule has 2 N–H and O–H groups in total. The largest absolute Gasteiger partial charge is 0.480 e. The van der Waals surface area contributed by atoms with E-state index in [1.165, 1.54) is 6.20 Å². The fourth-order valence-corrected chi connectivity index (χ4v) is 3.12. The molecule has 1 aliphatic carbocycles. The van der Waals surface area contributed by atoms with Crippen LogP contribution < -0.4 is 5.32 Å². The molecular weight excluding hydrogens is 294 g/mol. The highest BCUT2D eigenvalue weighted by Crippen LogP contribution is 2.30. The van der Waals surface area contributed by atoms with Gasteiger partial charge in [-0.3, -0.25) is 4.79 Å². The normalized spacial score (nSPS) is 16.2. The van der Waals surface area contributed by atoms with Gasteiger partial charge in [0.15, 0.2) is 0 Å². The lowest BCUT2D eigenvalue weighted by Crippen LogP contribution is -2.52. The minimum absolute atomic E-state index is 0.381. The second-order valence-electron chi connectivity index (χ2n) is 5.94. The summed E-state index contributed by atoms with van der Waals surface area (Å²) in [6.45, 7) is 1.80. The van der Waals surface area contributed by atoms with E-state index in [1.54, 1.807) is 11.6 Å². The molecule has 120 valence electrons. The van der Waals surface area contributed by atoms with Crippen LogP contribution in [0.4, 0.5) is 0 Å². The van der Waals surface area contributed by atoms with Crippen LogP contribution in [-0.4, -0.2) is 32.3 Å². The Labute approximate surface area is 134 Å². The van der Waals surface area contributed by atoms with Crippen molar-refractivity contribution < 1.29 is 14.7 Å². The molecule has 1 heterocycles. The van der Waals surface area contributed by atoms with E-state index in [-0.39, 0.29) is 5.91 Å². The minimum atomic E-state index is -1.14. The molecule has 0 bridgehead atoms. The molecule has 0 atom stereocenters. The lowest BCUT2D eigenvalue weighted by Gasteiger charge is -2.25. The van der Waals surface area contributed by atoms with Crippen LogP contribution in [0.1, 0.15) is 41.7 Å². The van der Waals surface area contributed by atoms with E-state index in [2.05, 4.69) is 10.4 Å². The molecule has 3 rings (SSSR count). The van der Waals surface area contributed by atoms with Crippen molar-refractivity contribution in [1.29, 1.82) is 0 Å². The maximum absolute atomic E-state index is 12.5. The van der Waals surface area contributed by atoms with Crippen LogP contribution in [0.2, 0.25) is 0 Å². The first-order valence-corrected chi connectivity index (χ1v) is 7.69. The van der Waals surface area contributed by atoms with Crippen molar-refractivity contribution >= 4 is 11.9 Å². The van der Waals surface area contributed by atoms with E-state index in [9.17, 15) is 14.7 Å². The lowest BCUT2D eigenvalue weighted by molar-refractivity contribution is -0.144. The van der Waals surface area contributed by atoms with Crippen molar-refractivity contribution in [3.05, 3.63) is 47.8 Å². The van der Waals surface area contributed by atoms with Crippen molar-refractivity contribution in [3.8, 4) is 5.69 Å². The topological polar surface area (TPSA) is 84.2 Å². The third-order valence-corrected chi connectivity index (χ3v) is 4.47. The smallest absolute Gasteiger partial charge is 0.329 e. The highest BCUT2D eigenvalue weighted by molar-refractivity contribution is 5.98. The molecule has 0 radical (unpaired) electrons. The van der Waals surface area contributed by atoms with Crippen molar-refractivity contribution in [2.45, 2.75) is 38.1 Å². The predicted molar refractivity (Wildman–Crippen MR) is 84.6 cm³/mol. The lowest BCUT2D eigenvalue weighted by atomic mass is 9.97. The Hall–Kier alpha value is -2.63. The van der Waals surface area contributed by atoms with Gasteiger partial charge in [0.2, 0.25) is 0 Å². The Morgan fingerprint density at radius 3 is 2.48 bits per heavy atom. The first-order valence-electron chi connectivity index (χ1n) is 7.69. The Morgan fingerprint density at radius 2 is 1.87 bits per heavy atom. The van der Waals surface area contributed by atoms with Gasteiger partial charge < -0.3 is 10.4 Å². The molecule has 1 fully saturated rings. The van der Waals surface area contributed by atoms with Gasteiger partial charge in [-0.1, -0.05) is 31.0 Å². The number of aromatic nitrogens is 2. The number of hydrogen-bond donors (Lipinski definition) is 2. The SMILES string of the molecule is Cc1c(C(=O)NC2(C(=O)O)CCCC2)cnn1-c1ccccc1. The van der Waals surface area contributed by atoms with E-state index in [4.69, 9.17) is 0 Å². The molecule has 6 nitrogen and oxygen atoms in total. The van der Waals surface area contributed by atoms with Crippen LogP contribution in [0.25, 0.3) is 5.69 Å². The number of carboxylic acid groups (broad SMARTS) is 1. The third kappa shape index (κ3) is 2.72. The van der Waals surface area contributed by atoms with Gasteiger partial charge in [0.25, 0.3) is 5.91 Å². The van der Waals surface area contributed by atoms with E-state index in [0.29, 0.717) is 24.1 Å². The molecule has 0 aliphatic heterocycles. The third-order valence-electron chi connectivity index (χ3n) is 4.47. The Kier molecular flexibility index (Phi) is 3.90. The number of amides is 1. The summed E-state index contributed by atoms with van der Waals surface area (Å²) < 4.78 is 1.68. The number of carbonyl (C=O) groups excluding carboxylic acids is 1. The van der Waals surface area contributed by atoms with Gasteiger partial charge in [-0.15, -0.1) is 0 Å². The highest BCUT2D eigenvalue weighted by Gasteiger charge is 2.43. The minimum Gasteiger partial charge on any atom is -0.480 e. The van der Waals surface area contributed by atoms with E-state index < -0.39 is 11.5 Å². The van der Waals surface area contributed by atoms with Crippen LogP contribution in [-0.2, 0) is 4.79 Å². The average Bonchev–Trinajstić information content (AvgIpc) is 3.16. The van der Waals surface area contributed by atoms with E-state index in [0.717, 1.165) is 18.5 Å². The van der Waals surface area contributed by atoms with Gasteiger partial charge >= 0.3 is 5.97 Å². The van der Waals surface area contributed by atoms with Gasteiger partial charge in [-0.05, 0) is 31.9 Å². The monoisotopic (exact) mass is 313 g/mol. The standard InChI is InChI=1S/C17H19N3O3/c1-12-14(11-18-20(12)13-7-3-2-4-8-13)15(21)19-17(16(22)23)9-5-6-10-17/h2-4,7-8,11H,5-6,9-10H2,1H3,(H,19,21)(H,22,23). The second-order valence-corrected chi connectivity index (χ2v) is 5.94. The fraction of sp³-hybridized carbons (Fsp3) is 0.353. The predicted octanol–water partition coefficient (Wildman–Crippen LogP) is 2.31. The summed E-state index contributed by atoms with van der Waals surface area (Å²) >= 11 is 0. The maximum atomic E-state index is 12.5. The number of carboxylic acids is 1. The number of rotatable bonds is 4. The molecule has 23 heavy (non-hydrogen) atoms. The number of nitrogens with zero attached hydrogens (tertiary/aromatic N) is 2. The van der Waals surface area contributed by atoms with Crippen molar-refractivity contribution in [2.75, 3.05) is 0 Å². The van der Waals surface area contributed by atoms with Crippen molar-refractivity contribution in [2.24, 2.45) is 0 Å². The molecule has 1 aromatic carbocycles. The van der Waals surface area contributed by atoms with Gasteiger partial charge in [-0.2, -0.15) is 5.10 Å². The summed E-state index contributed by atoms with van der Waals surface area (Å²) in [5, 5.41) is 16.5. The van der Waals surface area contributed by atoms with Crippen molar-refractivity contribution in [1.82, 2.24) is 15.1 Å². The highest BCUT2D eigenvalue weighted by atomic mass is 16.4. The molecule has 2 aromatic rings. The first kappa shape index (κ1) is 15.3. The summed E-state index contributed by atoms with van der Waals surface area (Å²) in [6.07, 6.45) is 4.06. The van der Waals surface area contributed by atoms with Crippen LogP contribution in [0, 0.1) is 6.92 Å². The molecular formula is C17H19N3O3. The number of benzene rings is 1. The molecule has 1 aliphatic rings. The summed E-state index contributed by atoms with van der Waals surface area (Å²) in [4.78, 5) is 24.1. The first-order chi connectivity index (χ1) is 11.0. The van der Waals surface area contributed by atoms with E-state index in [1.807, 2.05) is 30.3 Å². The van der Waals surface area contributed by atoms with Crippen molar-refractivity contribution in [3.63, 3.8) is 0 Å². The number of carbonyl (C=O) groups is 2. The molecule has 1 saturated carbocycles. The number of nitrogens with one attached hydrogen (secondary N) is 1. The van der Waals surface area contributed by atoms with Gasteiger partial charge in [0, 0.05) is 0 Å². The second kappa shape index (κ2) is 5.87. The zero-order valence-corrected chi connectivity index (χ0v) is 13.0. The van der Waals surface area contributed by atoms with Crippen LogP contribution in [0.5, 0.6) is 0 Å². The van der Waals surface area contributed by atoms with Gasteiger partial charge in [0.05, 0.1) is 23.1 Å². The summed E-state index contributed by atoms with van der Waals surface area (Å²) in [5.74, 6) is -1.34. The summed E-state index contributed by atoms with van der Waals surface area (Å²) in [6, 6.07) is 9.50. The molecule has 0 saturated heterocycles. The summed E-state index contributed by atoms with van der Waals surface area (Å²) in [5.41, 5.74) is 0.810.